The van der Waals surface area contributed by atoms with Gasteiger partial charge in [0.25, 0.3) is 5.69 Å². The van der Waals surface area contributed by atoms with Crippen LogP contribution in [0.3, 0.4) is 0 Å². The van der Waals surface area contributed by atoms with E-state index in [1.807, 2.05) is 12.1 Å². The maximum Gasteiger partial charge on any atom is 0.342 e. The summed E-state index contributed by atoms with van der Waals surface area (Å²) in [7, 11) is 1.32. The number of fused-ring (bicyclic) bond motifs is 1. The molecular weight excluding hydrogens is 390 g/mol. The highest BCUT2D eigenvalue weighted by Gasteiger charge is 2.21. The number of non-ortho nitro benzene ring substituents is 1. The number of para-hydroxylation sites is 1. The van der Waals surface area contributed by atoms with Crippen molar-refractivity contribution >= 4 is 28.3 Å². The summed E-state index contributed by atoms with van der Waals surface area (Å²) < 4.78 is 12.0. The van der Waals surface area contributed by atoms with Crippen molar-refractivity contribution in [1.82, 2.24) is 4.57 Å². The van der Waals surface area contributed by atoms with E-state index in [4.69, 9.17) is 14.7 Å². The number of aryl methyl sites for hydroxylation is 1. The molecule has 3 aromatic rings. The van der Waals surface area contributed by atoms with Gasteiger partial charge in [-0.25, -0.2) is 4.79 Å². The van der Waals surface area contributed by atoms with E-state index in [9.17, 15) is 19.7 Å². The number of rotatable bonds is 8. The lowest BCUT2D eigenvalue weighted by Crippen LogP contribution is -2.15. The molecule has 0 aliphatic carbocycles. The first-order chi connectivity index (χ1) is 14.5. The average molecular weight is 407 g/mol. The molecule has 0 amide bonds. The number of aromatic nitrogens is 1. The predicted octanol–water partition coefficient (Wildman–Crippen LogP) is 3.51. The van der Waals surface area contributed by atoms with Crippen LogP contribution in [0.2, 0.25) is 0 Å². The molecule has 1 aromatic heterocycles. The maximum absolute atomic E-state index is 12.7. The van der Waals surface area contributed by atoms with Crippen LogP contribution in [0.4, 0.5) is 5.69 Å². The van der Waals surface area contributed by atoms with Gasteiger partial charge in [-0.15, -0.1) is 0 Å². The van der Waals surface area contributed by atoms with Crippen molar-refractivity contribution in [1.29, 1.82) is 5.26 Å². The highest BCUT2D eigenvalue weighted by atomic mass is 16.6. The highest BCUT2D eigenvalue weighted by Crippen LogP contribution is 2.25. The molecular formula is C21H17N3O6. The summed E-state index contributed by atoms with van der Waals surface area (Å²) in [5.74, 6) is -1.23. The average Bonchev–Trinajstić information content (AvgIpc) is 3.14. The molecule has 0 unspecified atom stereocenters. The van der Waals surface area contributed by atoms with Crippen LogP contribution in [-0.4, -0.2) is 35.0 Å². The Balaban J connectivity index is 1.81. The second-order valence-corrected chi connectivity index (χ2v) is 6.30. The zero-order valence-corrected chi connectivity index (χ0v) is 16.0. The zero-order chi connectivity index (χ0) is 21.7. The van der Waals surface area contributed by atoms with Crippen molar-refractivity contribution in [3.63, 3.8) is 0 Å². The second kappa shape index (κ2) is 8.87. The van der Waals surface area contributed by atoms with Gasteiger partial charge in [-0.1, -0.05) is 18.2 Å². The van der Waals surface area contributed by atoms with E-state index in [-0.39, 0.29) is 23.4 Å². The van der Waals surface area contributed by atoms with Crippen LogP contribution in [0.15, 0.2) is 48.7 Å². The fourth-order valence-electron chi connectivity index (χ4n) is 3.08. The van der Waals surface area contributed by atoms with Crippen LogP contribution < -0.4 is 4.74 Å². The third kappa shape index (κ3) is 4.12. The molecule has 0 radical (unpaired) electrons. The molecule has 3 rings (SSSR count). The minimum Gasteiger partial charge on any atom is -0.496 e. The normalized spacial score (nSPS) is 10.4. The summed E-state index contributed by atoms with van der Waals surface area (Å²) in [6.07, 6.45) is 1.92. The Kier molecular flexibility index (Phi) is 6.08. The lowest BCUT2D eigenvalue weighted by atomic mass is 10.1. The van der Waals surface area contributed by atoms with E-state index in [0.29, 0.717) is 17.5 Å². The van der Waals surface area contributed by atoms with Crippen LogP contribution in [-0.2, 0) is 11.3 Å². The van der Waals surface area contributed by atoms with Gasteiger partial charge in [0.15, 0.2) is 6.61 Å². The van der Waals surface area contributed by atoms with E-state index in [1.165, 1.54) is 19.2 Å². The number of carbonyl (C=O) groups is 2. The van der Waals surface area contributed by atoms with Crippen LogP contribution in [0, 0.1) is 21.4 Å². The molecule has 0 N–H and O–H groups in total. The molecule has 9 heteroatoms. The topological polar surface area (TPSA) is 124 Å². The Bertz CT molecular complexity index is 1180. The fraction of sp³-hybridized carbons (Fsp3) is 0.190. The Morgan fingerprint density at radius 2 is 1.97 bits per heavy atom. The number of nitro groups is 1. The number of methoxy groups -OCH3 is 1. The van der Waals surface area contributed by atoms with E-state index in [1.54, 1.807) is 22.9 Å². The molecule has 0 fully saturated rings. The minimum atomic E-state index is -0.905. The standard InChI is InChI=1S/C21H17N3O6/c1-29-20-8-7-14(24(27)28)11-16(20)21(26)30-13-19(25)17-12-23(10-4-9-22)18-6-3-2-5-15(17)18/h2-3,5-8,11-12H,4,10,13H2,1H3. The summed E-state index contributed by atoms with van der Waals surface area (Å²) in [4.78, 5) is 35.5. The number of hydrogen-bond donors (Lipinski definition) is 0. The van der Waals surface area contributed by atoms with E-state index in [0.717, 1.165) is 11.6 Å². The van der Waals surface area contributed by atoms with Gasteiger partial charge in [0, 0.05) is 41.3 Å². The van der Waals surface area contributed by atoms with Gasteiger partial charge in [-0.2, -0.15) is 5.26 Å². The van der Waals surface area contributed by atoms with Gasteiger partial charge in [-0.05, 0) is 12.1 Å². The van der Waals surface area contributed by atoms with Crippen molar-refractivity contribution in [2.45, 2.75) is 13.0 Å². The number of nitrogens with zero attached hydrogens (tertiary/aromatic N) is 3. The van der Waals surface area contributed by atoms with E-state index >= 15 is 0 Å². The number of carbonyl (C=O) groups excluding carboxylic acids is 2. The third-order valence-electron chi connectivity index (χ3n) is 4.50. The minimum absolute atomic E-state index is 0.103. The van der Waals surface area contributed by atoms with Crippen molar-refractivity contribution in [3.8, 4) is 11.8 Å². The third-order valence-corrected chi connectivity index (χ3v) is 4.50. The number of esters is 1. The number of ether oxygens (including phenoxy) is 2. The summed E-state index contributed by atoms with van der Waals surface area (Å²) in [6, 6.07) is 12.8. The smallest absolute Gasteiger partial charge is 0.342 e. The molecule has 0 bridgehead atoms. The SMILES string of the molecule is COc1ccc([N+](=O)[O-])cc1C(=O)OCC(=O)c1cn(CCC#N)c2ccccc12. The van der Waals surface area contributed by atoms with Crippen molar-refractivity contribution in [2.75, 3.05) is 13.7 Å². The maximum atomic E-state index is 12.7. The fourth-order valence-corrected chi connectivity index (χ4v) is 3.08. The van der Waals surface area contributed by atoms with Gasteiger partial charge < -0.3 is 14.0 Å². The number of nitriles is 1. The van der Waals surface area contributed by atoms with Gasteiger partial charge in [-0.3, -0.25) is 14.9 Å². The summed E-state index contributed by atoms with van der Waals surface area (Å²) in [6.45, 7) is -0.119. The molecule has 2 aromatic carbocycles. The van der Waals surface area contributed by atoms with Crippen molar-refractivity contribution in [2.24, 2.45) is 0 Å². The molecule has 0 aliphatic heterocycles. The molecule has 0 saturated carbocycles. The van der Waals surface area contributed by atoms with Gasteiger partial charge >= 0.3 is 5.97 Å². The van der Waals surface area contributed by atoms with Crippen LogP contribution in [0.5, 0.6) is 5.75 Å². The largest absolute Gasteiger partial charge is 0.496 e. The zero-order valence-electron chi connectivity index (χ0n) is 16.0. The highest BCUT2D eigenvalue weighted by molar-refractivity contribution is 6.09. The van der Waals surface area contributed by atoms with Crippen molar-refractivity contribution in [3.05, 3.63) is 69.9 Å². The molecule has 9 nitrogen and oxygen atoms in total. The number of nitro benzene ring substituents is 1. The summed E-state index contributed by atoms with van der Waals surface area (Å²) in [5.41, 5.74) is 0.718. The lowest BCUT2D eigenvalue weighted by Gasteiger charge is -2.08. The molecule has 0 saturated heterocycles. The quantitative estimate of drug-likeness (QED) is 0.242. The Labute approximate surface area is 171 Å². The predicted molar refractivity (Wildman–Crippen MR) is 106 cm³/mol. The van der Waals surface area contributed by atoms with Crippen LogP contribution in [0.1, 0.15) is 27.1 Å². The Morgan fingerprint density at radius 1 is 1.20 bits per heavy atom. The lowest BCUT2D eigenvalue weighted by molar-refractivity contribution is -0.384. The number of ketones is 1. The van der Waals surface area contributed by atoms with Crippen molar-refractivity contribution < 1.29 is 24.0 Å². The summed E-state index contributed by atoms with van der Waals surface area (Å²) >= 11 is 0. The first kappa shape index (κ1) is 20.5. The first-order valence-electron chi connectivity index (χ1n) is 8.93. The van der Waals surface area contributed by atoms with Gasteiger partial charge in [0.2, 0.25) is 5.78 Å². The second-order valence-electron chi connectivity index (χ2n) is 6.30. The molecule has 1 heterocycles. The van der Waals surface area contributed by atoms with E-state index < -0.39 is 23.3 Å². The Hall–Kier alpha value is -4.19. The monoisotopic (exact) mass is 407 g/mol. The first-order valence-corrected chi connectivity index (χ1v) is 8.93. The molecule has 30 heavy (non-hydrogen) atoms. The molecule has 152 valence electrons. The summed E-state index contributed by atoms with van der Waals surface area (Å²) in [5, 5.41) is 20.5. The van der Waals surface area contributed by atoms with Gasteiger partial charge in [0.1, 0.15) is 11.3 Å². The molecule has 0 aliphatic rings. The Morgan fingerprint density at radius 3 is 2.67 bits per heavy atom. The number of Topliss-reactive ketones (excluding diaryl/α,β-unsaturated/α-hetero) is 1. The number of benzene rings is 2. The molecule has 0 spiro atoms. The van der Waals surface area contributed by atoms with Crippen LogP contribution in [0.25, 0.3) is 10.9 Å². The van der Waals surface area contributed by atoms with Crippen LogP contribution >= 0.6 is 0 Å². The number of hydrogen-bond acceptors (Lipinski definition) is 7. The molecule has 0 atom stereocenters. The van der Waals surface area contributed by atoms with Gasteiger partial charge in [0.05, 0.1) is 24.5 Å². The van der Waals surface area contributed by atoms with E-state index in [2.05, 4.69) is 6.07 Å².